The summed E-state index contributed by atoms with van der Waals surface area (Å²) in [5.74, 6) is 1.02. The number of pyridine rings is 1. The van der Waals surface area contributed by atoms with E-state index in [2.05, 4.69) is 31.1 Å². The van der Waals surface area contributed by atoms with Gasteiger partial charge in [0.2, 0.25) is 0 Å². The van der Waals surface area contributed by atoms with Gasteiger partial charge in [0.05, 0.1) is 17.4 Å². The number of rotatable bonds is 3. The molecular formula is C14H11BrN4O. The van der Waals surface area contributed by atoms with Crippen molar-refractivity contribution in [1.82, 2.24) is 15.1 Å². The normalized spacial score (nSPS) is 10.7. The average molecular weight is 331 g/mol. The minimum absolute atomic E-state index is 0.409. The van der Waals surface area contributed by atoms with Gasteiger partial charge in [-0.1, -0.05) is 39.3 Å². The zero-order valence-electron chi connectivity index (χ0n) is 10.5. The first-order chi connectivity index (χ1) is 9.74. The molecule has 2 N–H and O–H groups in total. The molecule has 100 valence electrons. The number of hydrogen-bond donors (Lipinski definition) is 1. The average Bonchev–Trinajstić information content (AvgIpc) is 2.90. The maximum atomic E-state index is 5.84. The van der Waals surface area contributed by atoms with Crippen molar-refractivity contribution in [2.45, 2.75) is 6.42 Å². The summed E-state index contributed by atoms with van der Waals surface area (Å²) in [7, 11) is 0. The van der Waals surface area contributed by atoms with Gasteiger partial charge in [-0.05, 0) is 17.7 Å². The van der Waals surface area contributed by atoms with Crippen LogP contribution in [-0.2, 0) is 6.42 Å². The van der Waals surface area contributed by atoms with Crippen molar-refractivity contribution < 1.29 is 4.52 Å². The van der Waals surface area contributed by atoms with Gasteiger partial charge in [0.25, 0.3) is 5.89 Å². The maximum absolute atomic E-state index is 5.84. The highest BCUT2D eigenvalue weighted by atomic mass is 79.9. The second-order valence-electron chi connectivity index (χ2n) is 4.25. The Labute approximate surface area is 124 Å². The van der Waals surface area contributed by atoms with E-state index in [1.807, 2.05) is 24.3 Å². The summed E-state index contributed by atoms with van der Waals surface area (Å²) >= 11 is 3.50. The topological polar surface area (TPSA) is 77.8 Å². The molecule has 0 radical (unpaired) electrons. The number of hydrogen-bond acceptors (Lipinski definition) is 5. The fourth-order valence-electron chi connectivity index (χ4n) is 1.85. The van der Waals surface area contributed by atoms with Crippen molar-refractivity contribution >= 4 is 21.6 Å². The molecule has 0 aliphatic heterocycles. The highest BCUT2D eigenvalue weighted by Crippen LogP contribution is 2.24. The number of benzene rings is 1. The highest BCUT2D eigenvalue weighted by Gasteiger charge is 2.12. The molecule has 0 unspecified atom stereocenters. The molecule has 1 aromatic carbocycles. The predicted molar refractivity (Wildman–Crippen MR) is 78.9 cm³/mol. The van der Waals surface area contributed by atoms with Crippen molar-refractivity contribution in [3.63, 3.8) is 0 Å². The van der Waals surface area contributed by atoms with E-state index < -0.39 is 0 Å². The standard InChI is InChI=1S/C14H11BrN4O/c15-11-4-2-1-3-9(11)7-13-18-14(20-19-13)10-5-6-17-8-12(10)16/h1-6,8H,7,16H2. The predicted octanol–water partition coefficient (Wildman–Crippen LogP) is 3.07. The lowest BCUT2D eigenvalue weighted by atomic mass is 10.1. The molecule has 0 amide bonds. The Balaban J connectivity index is 1.88. The number of nitrogens with two attached hydrogens (primary N) is 1. The number of nitrogen functional groups attached to an aromatic ring is 1. The third-order valence-corrected chi connectivity index (χ3v) is 3.63. The number of anilines is 1. The van der Waals surface area contributed by atoms with Crippen LogP contribution in [0.3, 0.4) is 0 Å². The molecule has 3 aromatic rings. The molecule has 0 saturated heterocycles. The molecule has 0 atom stereocenters. The zero-order valence-corrected chi connectivity index (χ0v) is 12.0. The molecule has 5 nitrogen and oxygen atoms in total. The van der Waals surface area contributed by atoms with Crippen LogP contribution < -0.4 is 5.73 Å². The monoisotopic (exact) mass is 330 g/mol. The number of aromatic nitrogens is 3. The van der Waals surface area contributed by atoms with Gasteiger partial charge in [-0.15, -0.1) is 0 Å². The minimum atomic E-state index is 0.409. The SMILES string of the molecule is Nc1cnccc1-c1nc(Cc2ccccc2Br)no1. The lowest BCUT2D eigenvalue weighted by molar-refractivity contribution is 0.424. The van der Waals surface area contributed by atoms with Crippen LogP contribution in [0.2, 0.25) is 0 Å². The van der Waals surface area contributed by atoms with Crippen LogP contribution in [0.1, 0.15) is 11.4 Å². The van der Waals surface area contributed by atoms with E-state index >= 15 is 0 Å². The smallest absolute Gasteiger partial charge is 0.260 e. The van der Waals surface area contributed by atoms with Gasteiger partial charge >= 0.3 is 0 Å². The largest absolute Gasteiger partial charge is 0.397 e. The van der Waals surface area contributed by atoms with Gasteiger partial charge in [0, 0.05) is 17.1 Å². The van der Waals surface area contributed by atoms with Crippen LogP contribution in [-0.4, -0.2) is 15.1 Å². The molecular weight excluding hydrogens is 320 g/mol. The lowest BCUT2D eigenvalue weighted by Crippen LogP contribution is -1.93. The Kier molecular flexibility index (Phi) is 3.47. The first kappa shape index (κ1) is 12.8. The summed E-state index contributed by atoms with van der Waals surface area (Å²) in [6.45, 7) is 0. The first-order valence-electron chi connectivity index (χ1n) is 6.00. The van der Waals surface area contributed by atoms with Gasteiger partial charge in [0.15, 0.2) is 5.82 Å². The quantitative estimate of drug-likeness (QED) is 0.798. The van der Waals surface area contributed by atoms with Gasteiger partial charge < -0.3 is 10.3 Å². The van der Waals surface area contributed by atoms with Gasteiger partial charge in [-0.3, -0.25) is 4.98 Å². The highest BCUT2D eigenvalue weighted by molar-refractivity contribution is 9.10. The molecule has 0 bridgehead atoms. The molecule has 20 heavy (non-hydrogen) atoms. The summed E-state index contributed by atoms with van der Waals surface area (Å²) in [5, 5.41) is 3.99. The van der Waals surface area contributed by atoms with Crippen LogP contribution in [0.25, 0.3) is 11.5 Å². The van der Waals surface area contributed by atoms with Gasteiger partial charge in [0.1, 0.15) is 0 Å². The first-order valence-corrected chi connectivity index (χ1v) is 6.79. The Morgan fingerprint density at radius 3 is 2.85 bits per heavy atom. The van der Waals surface area contributed by atoms with E-state index in [0.717, 1.165) is 10.0 Å². The summed E-state index contributed by atoms with van der Waals surface area (Å²) in [6.07, 6.45) is 3.80. The van der Waals surface area contributed by atoms with Crippen LogP contribution in [0.5, 0.6) is 0 Å². The van der Waals surface area contributed by atoms with Crippen molar-refractivity contribution in [2.75, 3.05) is 5.73 Å². The van der Waals surface area contributed by atoms with E-state index in [9.17, 15) is 0 Å². The van der Waals surface area contributed by atoms with Crippen LogP contribution >= 0.6 is 15.9 Å². The minimum Gasteiger partial charge on any atom is -0.397 e. The lowest BCUT2D eigenvalue weighted by Gasteiger charge is -1.99. The molecule has 0 saturated carbocycles. The molecule has 0 fully saturated rings. The van der Waals surface area contributed by atoms with E-state index in [-0.39, 0.29) is 0 Å². The van der Waals surface area contributed by atoms with Crippen molar-refractivity contribution in [1.29, 1.82) is 0 Å². The summed E-state index contributed by atoms with van der Waals surface area (Å²) in [5.41, 5.74) is 8.16. The van der Waals surface area contributed by atoms with Crippen LogP contribution in [0.4, 0.5) is 5.69 Å². The molecule has 0 aliphatic carbocycles. The molecule has 2 heterocycles. The summed E-state index contributed by atoms with van der Waals surface area (Å²) < 4.78 is 6.28. The number of nitrogens with zero attached hydrogens (tertiary/aromatic N) is 3. The molecule has 0 aliphatic rings. The van der Waals surface area contributed by atoms with E-state index in [1.54, 1.807) is 18.5 Å². The Morgan fingerprint density at radius 1 is 1.20 bits per heavy atom. The van der Waals surface area contributed by atoms with Crippen molar-refractivity contribution in [3.05, 3.63) is 58.6 Å². The van der Waals surface area contributed by atoms with E-state index in [4.69, 9.17) is 10.3 Å². The summed E-state index contributed by atoms with van der Waals surface area (Å²) in [6, 6.07) is 9.69. The number of halogens is 1. The summed E-state index contributed by atoms with van der Waals surface area (Å²) in [4.78, 5) is 8.31. The third-order valence-electron chi connectivity index (χ3n) is 2.86. The molecule has 6 heteroatoms. The maximum Gasteiger partial charge on any atom is 0.260 e. The van der Waals surface area contributed by atoms with Gasteiger partial charge in [-0.2, -0.15) is 4.98 Å². The fraction of sp³-hybridized carbons (Fsp3) is 0.0714. The molecule has 0 spiro atoms. The van der Waals surface area contributed by atoms with E-state index in [1.165, 1.54) is 0 Å². The van der Waals surface area contributed by atoms with Crippen molar-refractivity contribution in [3.8, 4) is 11.5 Å². The van der Waals surface area contributed by atoms with Crippen LogP contribution in [0.15, 0.2) is 51.7 Å². The van der Waals surface area contributed by atoms with Crippen LogP contribution in [0, 0.1) is 0 Å². The second-order valence-corrected chi connectivity index (χ2v) is 5.10. The van der Waals surface area contributed by atoms with Crippen molar-refractivity contribution in [2.24, 2.45) is 0 Å². The second kappa shape index (κ2) is 5.42. The van der Waals surface area contributed by atoms with E-state index in [0.29, 0.717) is 29.4 Å². The third kappa shape index (κ3) is 2.55. The zero-order chi connectivity index (χ0) is 13.9. The fourth-order valence-corrected chi connectivity index (χ4v) is 2.27. The Morgan fingerprint density at radius 2 is 2.05 bits per heavy atom. The molecule has 2 aromatic heterocycles. The Hall–Kier alpha value is -2.21. The molecule has 3 rings (SSSR count). The Bertz CT molecular complexity index is 741. The van der Waals surface area contributed by atoms with Gasteiger partial charge in [-0.25, -0.2) is 0 Å².